The summed E-state index contributed by atoms with van der Waals surface area (Å²) < 4.78 is 27.5. The molecular formula is C24H22F2N6O2. The molecule has 0 unspecified atom stereocenters. The van der Waals surface area contributed by atoms with Gasteiger partial charge in [0.1, 0.15) is 0 Å². The Labute approximate surface area is 194 Å². The fourth-order valence-electron chi connectivity index (χ4n) is 3.71. The summed E-state index contributed by atoms with van der Waals surface area (Å²) in [6.07, 6.45) is 4.04. The van der Waals surface area contributed by atoms with Crippen LogP contribution >= 0.6 is 0 Å². The molecule has 2 aromatic carbocycles. The van der Waals surface area contributed by atoms with Crippen LogP contribution in [0.25, 0.3) is 11.4 Å². The van der Waals surface area contributed by atoms with Crippen molar-refractivity contribution in [3.05, 3.63) is 88.4 Å². The van der Waals surface area contributed by atoms with Crippen LogP contribution < -0.4 is 15.6 Å². The lowest BCUT2D eigenvalue weighted by atomic mass is 10.1. The maximum atomic E-state index is 13.0. The molecule has 10 heteroatoms. The van der Waals surface area contributed by atoms with Crippen molar-refractivity contribution in [1.29, 1.82) is 5.41 Å². The molecule has 0 atom stereocenters. The predicted octanol–water partition coefficient (Wildman–Crippen LogP) is 4.11. The molecule has 2 amide bonds. The van der Waals surface area contributed by atoms with Crippen molar-refractivity contribution in [3.63, 3.8) is 0 Å². The molecule has 8 nitrogen and oxygen atoms in total. The Hall–Kier alpha value is -4.34. The van der Waals surface area contributed by atoms with Crippen LogP contribution in [0.4, 0.5) is 25.0 Å². The molecule has 1 saturated heterocycles. The van der Waals surface area contributed by atoms with Crippen LogP contribution in [-0.2, 0) is 0 Å². The highest BCUT2D eigenvalue weighted by Crippen LogP contribution is 2.26. The Morgan fingerprint density at radius 1 is 1.12 bits per heavy atom. The maximum Gasteiger partial charge on any atom is 0.328 e. The van der Waals surface area contributed by atoms with Gasteiger partial charge in [0.15, 0.2) is 5.69 Å². The van der Waals surface area contributed by atoms with Crippen molar-refractivity contribution in [2.75, 3.05) is 23.3 Å². The van der Waals surface area contributed by atoms with Gasteiger partial charge in [-0.15, -0.1) is 0 Å². The number of aryl methyl sites for hydroxylation is 1. The van der Waals surface area contributed by atoms with Crippen molar-refractivity contribution >= 4 is 29.3 Å². The van der Waals surface area contributed by atoms with Gasteiger partial charge >= 0.3 is 12.6 Å². The van der Waals surface area contributed by atoms with Crippen LogP contribution in [0.5, 0.6) is 0 Å². The monoisotopic (exact) mass is 464 g/mol. The normalized spacial score (nSPS) is 14.1. The van der Waals surface area contributed by atoms with Crippen molar-refractivity contribution in [2.24, 2.45) is 0 Å². The fraction of sp³-hybridized carbons (Fsp3) is 0.167. The average molecular weight is 464 g/mol. The zero-order valence-corrected chi connectivity index (χ0v) is 18.3. The minimum Gasteiger partial charge on any atom is -0.354 e. The number of rotatable bonds is 7. The Kier molecular flexibility index (Phi) is 6.48. The number of carbonyl (C=O) groups excluding carboxylic acids is 1. The van der Waals surface area contributed by atoms with E-state index in [4.69, 9.17) is 5.41 Å². The van der Waals surface area contributed by atoms with Crippen molar-refractivity contribution in [3.8, 4) is 5.69 Å². The summed E-state index contributed by atoms with van der Waals surface area (Å²) in [5.41, 5.74) is 2.79. The molecule has 1 fully saturated rings. The summed E-state index contributed by atoms with van der Waals surface area (Å²) in [5.74, 6) is 0. The third-order valence-corrected chi connectivity index (χ3v) is 5.38. The molecule has 1 aliphatic heterocycles. The molecule has 1 aliphatic rings. The molecule has 2 heterocycles. The van der Waals surface area contributed by atoms with Crippen molar-refractivity contribution in [2.45, 2.75) is 13.5 Å². The SMILES string of the molecule is Cc1cc(N2CCN(C(F)F)C2=O)ccc1-n1ccc(=O)c(/C(=C/C=N)Nc2ccccc2)n1. The van der Waals surface area contributed by atoms with Gasteiger partial charge in [0, 0.05) is 42.9 Å². The van der Waals surface area contributed by atoms with Gasteiger partial charge in [-0.25, -0.2) is 9.48 Å². The number of hydrogen-bond donors (Lipinski definition) is 2. The van der Waals surface area contributed by atoms with E-state index in [9.17, 15) is 18.4 Å². The number of nitrogens with zero attached hydrogens (tertiary/aromatic N) is 4. The van der Waals surface area contributed by atoms with E-state index < -0.39 is 12.6 Å². The highest BCUT2D eigenvalue weighted by molar-refractivity contribution is 5.94. The summed E-state index contributed by atoms with van der Waals surface area (Å²) in [7, 11) is 0. The van der Waals surface area contributed by atoms with E-state index in [-0.39, 0.29) is 24.2 Å². The summed E-state index contributed by atoms with van der Waals surface area (Å²) >= 11 is 0. The molecule has 1 aromatic heterocycles. The third kappa shape index (κ3) is 4.56. The van der Waals surface area contributed by atoms with Crippen LogP contribution in [0.1, 0.15) is 11.3 Å². The number of carbonyl (C=O) groups is 1. The number of anilines is 2. The Bertz CT molecular complexity index is 1310. The van der Waals surface area contributed by atoms with Gasteiger partial charge in [-0.05, 0) is 48.9 Å². The maximum absolute atomic E-state index is 13.0. The van der Waals surface area contributed by atoms with Crippen LogP contribution in [0.15, 0.2) is 71.7 Å². The predicted molar refractivity (Wildman–Crippen MR) is 127 cm³/mol. The molecule has 0 aliphatic carbocycles. The molecule has 0 spiro atoms. The van der Waals surface area contributed by atoms with Gasteiger partial charge in [-0.3, -0.25) is 14.6 Å². The first-order valence-corrected chi connectivity index (χ1v) is 10.5. The number of amides is 2. The second kappa shape index (κ2) is 9.65. The lowest BCUT2D eigenvalue weighted by Crippen LogP contribution is -2.35. The number of aromatic nitrogens is 2. The second-order valence-electron chi connectivity index (χ2n) is 7.59. The van der Waals surface area contributed by atoms with Gasteiger partial charge in [0.2, 0.25) is 5.43 Å². The number of benzene rings is 2. The molecule has 0 radical (unpaired) electrons. The molecule has 4 rings (SSSR count). The number of nitrogens with one attached hydrogen (secondary N) is 2. The quantitative estimate of drug-likeness (QED) is 0.407. The largest absolute Gasteiger partial charge is 0.354 e. The topological polar surface area (TPSA) is 94.3 Å². The number of para-hydroxylation sites is 1. The summed E-state index contributed by atoms with van der Waals surface area (Å²) in [6, 6.07) is 15.0. The van der Waals surface area contributed by atoms with E-state index in [2.05, 4.69) is 10.4 Å². The number of urea groups is 1. The zero-order chi connectivity index (χ0) is 24.2. The average Bonchev–Trinajstić information content (AvgIpc) is 3.21. The van der Waals surface area contributed by atoms with Gasteiger partial charge in [0.25, 0.3) is 0 Å². The molecule has 174 valence electrons. The van der Waals surface area contributed by atoms with Crippen LogP contribution in [0, 0.1) is 12.3 Å². The minimum atomic E-state index is -2.84. The molecular weight excluding hydrogens is 442 g/mol. The summed E-state index contributed by atoms with van der Waals surface area (Å²) in [6.45, 7) is -0.904. The third-order valence-electron chi connectivity index (χ3n) is 5.38. The molecule has 34 heavy (non-hydrogen) atoms. The zero-order valence-electron chi connectivity index (χ0n) is 18.3. The summed E-state index contributed by atoms with van der Waals surface area (Å²) in [5, 5.41) is 15.1. The van der Waals surface area contributed by atoms with Crippen LogP contribution in [0.2, 0.25) is 0 Å². The smallest absolute Gasteiger partial charge is 0.328 e. The molecule has 3 aromatic rings. The summed E-state index contributed by atoms with van der Waals surface area (Å²) in [4.78, 5) is 26.7. The van der Waals surface area contributed by atoms with E-state index >= 15 is 0 Å². The standard InChI is InChI=1S/C24H22F2N6O2/c1-16-15-18(30-13-14-31(23(25)26)24(30)34)7-8-20(16)32-12-10-21(33)22(29-32)19(9-11-27)28-17-5-3-2-4-6-17/h2-12,15,23,27-28H,13-14H2,1H3/b19-9-,27-11?. The fourth-order valence-corrected chi connectivity index (χ4v) is 3.71. The number of alkyl halides is 2. The van der Waals surface area contributed by atoms with Crippen LogP contribution in [-0.4, -0.2) is 46.6 Å². The molecule has 0 saturated carbocycles. The Morgan fingerprint density at radius 3 is 2.53 bits per heavy atom. The second-order valence-corrected chi connectivity index (χ2v) is 7.59. The first-order chi connectivity index (χ1) is 16.4. The lowest BCUT2D eigenvalue weighted by molar-refractivity contribution is 0.0151. The van der Waals surface area contributed by atoms with Gasteiger partial charge in [-0.2, -0.15) is 13.9 Å². The van der Waals surface area contributed by atoms with Crippen molar-refractivity contribution < 1.29 is 13.6 Å². The van der Waals surface area contributed by atoms with E-state index in [1.807, 2.05) is 30.3 Å². The highest BCUT2D eigenvalue weighted by atomic mass is 19.3. The van der Waals surface area contributed by atoms with Crippen LogP contribution in [0.3, 0.4) is 0 Å². The number of halogens is 2. The van der Waals surface area contributed by atoms with Gasteiger partial charge in [-0.1, -0.05) is 18.2 Å². The van der Waals surface area contributed by atoms with E-state index in [0.29, 0.717) is 22.0 Å². The lowest BCUT2D eigenvalue weighted by Gasteiger charge is -2.19. The van der Waals surface area contributed by atoms with Crippen molar-refractivity contribution in [1.82, 2.24) is 14.7 Å². The number of hydrogen-bond acceptors (Lipinski definition) is 5. The Balaban J connectivity index is 1.66. The highest BCUT2D eigenvalue weighted by Gasteiger charge is 2.34. The first-order valence-electron chi connectivity index (χ1n) is 10.5. The van der Waals surface area contributed by atoms with Gasteiger partial charge < -0.3 is 10.7 Å². The molecule has 2 N–H and O–H groups in total. The van der Waals surface area contributed by atoms with Gasteiger partial charge in [0.05, 0.1) is 11.4 Å². The minimum absolute atomic E-state index is 0.0432. The van der Waals surface area contributed by atoms with E-state index in [1.165, 1.54) is 27.9 Å². The van der Waals surface area contributed by atoms with E-state index in [0.717, 1.165) is 17.5 Å². The Morgan fingerprint density at radius 2 is 1.88 bits per heavy atom. The number of allylic oxidation sites excluding steroid dienone is 1. The first kappa shape index (κ1) is 22.8. The molecule has 0 bridgehead atoms. The van der Waals surface area contributed by atoms with E-state index in [1.54, 1.807) is 25.1 Å².